The van der Waals surface area contributed by atoms with Gasteiger partial charge in [0.05, 0.1) is 6.54 Å². The van der Waals surface area contributed by atoms with Gasteiger partial charge in [-0.15, -0.1) is 0 Å². The topological polar surface area (TPSA) is 52.0 Å². The van der Waals surface area contributed by atoms with Crippen molar-refractivity contribution < 1.29 is 4.52 Å². The fraction of sp³-hybridized carbons (Fsp3) is 0.100. The van der Waals surface area contributed by atoms with Crippen molar-refractivity contribution in [2.24, 2.45) is 5.73 Å². The molecule has 2 N–H and O–H groups in total. The average molecular weight is 209 g/mol. The molecule has 0 radical (unpaired) electrons. The molecule has 1 aromatic carbocycles. The Morgan fingerprint density at radius 1 is 1.36 bits per heavy atom. The molecule has 2 aromatic rings. The van der Waals surface area contributed by atoms with Crippen LogP contribution in [-0.4, -0.2) is 5.16 Å². The average Bonchev–Trinajstić information content (AvgIpc) is 2.66. The first-order valence-electron chi connectivity index (χ1n) is 4.21. The van der Waals surface area contributed by atoms with Crippen molar-refractivity contribution in [3.8, 4) is 11.3 Å². The highest BCUT2D eigenvalue weighted by Gasteiger charge is 2.04. The molecule has 0 amide bonds. The maximum absolute atomic E-state index is 5.85. The van der Waals surface area contributed by atoms with Crippen LogP contribution in [-0.2, 0) is 6.54 Å². The number of halogens is 1. The first-order chi connectivity index (χ1) is 6.79. The van der Waals surface area contributed by atoms with Gasteiger partial charge in [0, 0.05) is 16.7 Å². The zero-order valence-electron chi connectivity index (χ0n) is 7.40. The molecule has 0 fully saturated rings. The molecule has 0 spiro atoms. The second-order valence-corrected chi connectivity index (χ2v) is 3.33. The highest BCUT2D eigenvalue weighted by Crippen LogP contribution is 2.21. The minimum absolute atomic E-state index is 0.355. The molecular formula is C10H9ClN2O. The van der Waals surface area contributed by atoms with E-state index in [-0.39, 0.29) is 0 Å². The molecule has 0 aliphatic carbocycles. The minimum atomic E-state index is 0.355. The van der Waals surface area contributed by atoms with Gasteiger partial charge in [-0.05, 0) is 12.1 Å². The maximum Gasteiger partial charge on any atom is 0.150 e. The predicted octanol–water partition coefficient (Wildman–Crippen LogP) is 2.45. The van der Waals surface area contributed by atoms with Gasteiger partial charge in [0.1, 0.15) is 5.69 Å². The van der Waals surface area contributed by atoms with Crippen LogP contribution in [0.3, 0.4) is 0 Å². The highest BCUT2D eigenvalue weighted by molar-refractivity contribution is 6.30. The quantitative estimate of drug-likeness (QED) is 0.825. The summed E-state index contributed by atoms with van der Waals surface area (Å²) in [6.45, 7) is 0.355. The van der Waals surface area contributed by atoms with Crippen molar-refractivity contribution in [2.45, 2.75) is 6.54 Å². The molecule has 0 aliphatic rings. The third-order valence-corrected chi connectivity index (χ3v) is 2.12. The summed E-state index contributed by atoms with van der Waals surface area (Å²) >= 11 is 5.85. The second kappa shape index (κ2) is 3.82. The Morgan fingerprint density at radius 2 is 2.21 bits per heavy atom. The van der Waals surface area contributed by atoms with Gasteiger partial charge < -0.3 is 10.3 Å². The van der Waals surface area contributed by atoms with E-state index in [2.05, 4.69) is 5.16 Å². The molecule has 72 valence electrons. The number of hydrogen-bond acceptors (Lipinski definition) is 3. The van der Waals surface area contributed by atoms with Crippen molar-refractivity contribution in [1.29, 1.82) is 0 Å². The van der Waals surface area contributed by atoms with Gasteiger partial charge in [-0.2, -0.15) is 0 Å². The van der Waals surface area contributed by atoms with Crippen LogP contribution in [0.5, 0.6) is 0 Å². The standard InChI is InChI=1S/C10H9ClN2O/c11-8-3-1-2-7(4-8)10-5-9(6-12)14-13-10/h1-5H,6,12H2. The van der Waals surface area contributed by atoms with Crippen LogP contribution in [0.25, 0.3) is 11.3 Å². The fourth-order valence-electron chi connectivity index (χ4n) is 1.19. The lowest BCUT2D eigenvalue weighted by atomic mass is 10.1. The fourth-order valence-corrected chi connectivity index (χ4v) is 1.38. The van der Waals surface area contributed by atoms with E-state index >= 15 is 0 Å². The Morgan fingerprint density at radius 3 is 2.86 bits per heavy atom. The number of nitrogens with two attached hydrogens (primary N) is 1. The Hall–Kier alpha value is -1.32. The summed E-state index contributed by atoms with van der Waals surface area (Å²) in [4.78, 5) is 0. The molecular weight excluding hydrogens is 200 g/mol. The van der Waals surface area contributed by atoms with E-state index in [1.807, 2.05) is 30.3 Å². The van der Waals surface area contributed by atoms with Gasteiger partial charge in [-0.1, -0.05) is 28.9 Å². The van der Waals surface area contributed by atoms with E-state index in [4.69, 9.17) is 21.9 Å². The smallest absolute Gasteiger partial charge is 0.150 e. The monoisotopic (exact) mass is 208 g/mol. The molecule has 3 nitrogen and oxygen atoms in total. The number of hydrogen-bond donors (Lipinski definition) is 1. The third-order valence-electron chi connectivity index (χ3n) is 1.88. The Labute approximate surface area is 86.5 Å². The second-order valence-electron chi connectivity index (χ2n) is 2.89. The maximum atomic E-state index is 5.85. The highest BCUT2D eigenvalue weighted by atomic mass is 35.5. The summed E-state index contributed by atoms with van der Waals surface area (Å²) in [6, 6.07) is 9.25. The largest absolute Gasteiger partial charge is 0.359 e. The van der Waals surface area contributed by atoms with Crippen LogP contribution in [0.4, 0.5) is 0 Å². The lowest BCUT2D eigenvalue weighted by Crippen LogP contribution is -1.92. The van der Waals surface area contributed by atoms with Crippen LogP contribution in [0.2, 0.25) is 5.02 Å². The van der Waals surface area contributed by atoms with Crippen LogP contribution in [0.15, 0.2) is 34.9 Å². The summed E-state index contributed by atoms with van der Waals surface area (Å²) in [5.74, 6) is 0.667. The van der Waals surface area contributed by atoms with Crippen molar-refractivity contribution in [3.63, 3.8) is 0 Å². The molecule has 2 rings (SSSR count). The van der Waals surface area contributed by atoms with Crippen molar-refractivity contribution in [1.82, 2.24) is 5.16 Å². The van der Waals surface area contributed by atoms with E-state index in [9.17, 15) is 0 Å². The molecule has 0 bridgehead atoms. The molecule has 0 saturated heterocycles. The summed E-state index contributed by atoms with van der Waals surface area (Å²) < 4.78 is 4.99. The third kappa shape index (κ3) is 1.78. The first kappa shape index (κ1) is 9.24. The number of benzene rings is 1. The van der Waals surface area contributed by atoms with Crippen LogP contribution >= 0.6 is 11.6 Å². The van der Waals surface area contributed by atoms with Crippen LogP contribution in [0, 0.1) is 0 Å². The Bertz CT molecular complexity index is 439. The lowest BCUT2D eigenvalue weighted by Gasteiger charge is -1.94. The van der Waals surface area contributed by atoms with Gasteiger partial charge in [-0.25, -0.2) is 0 Å². The Balaban J connectivity index is 2.39. The normalized spacial score (nSPS) is 10.4. The van der Waals surface area contributed by atoms with E-state index in [1.54, 1.807) is 0 Å². The molecule has 0 atom stereocenters. The SMILES string of the molecule is NCc1cc(-c2cccc(Cl)c2)no1. The summed E-state index contributed by atoms with van der Waals surface area (Å²) in [5.41, 5.74) is 7.10. The lowest BCUT2D eigenvalue weighted by molar-refractivity contribution is 0.387. The van der Waals surface area contributed by atoms with E-state index in [1.165, 1.54) is 0 Å². The van der Waals surface area contributed by atoms with Crippen LogP contribution in [0.1, 0.15) is 5.76 Å². The zero-order chi connectivity index (χ0) is 9.97. The summed E-state index contributed by atoms with van der Waals surface area (Å²) in [7, 11) is 0. The van der Waals surface area contributed by atoms with E-state index in [0.717, 1.165) is 11.3 Å². The number of aromatic nitrogens is 1. The van der Waals surface area contributed by atoms with Gasteiger partial charge in [-0.3, -0.25) is 0 Å². The van der Waals surface area contributed by atoms with Crippen LogP contribution < -0.4 is 5.73 Å². The minimum Gasteiger partial charge on any atom is -0.359 e. The molecule has 14 heavy (non-hydrogen) atoms. The van der Waals surface area contributed by atoms with Crippen molar-refractivity contribution in [3.05, 3.63) is 41.1 Å². The first-order valence-corrected chi connectivity index (χ1v) is 4.59. The summed E-state index contributed by atoms with van der Waals surface area (Å²) in [5, 5.41) is 4.57. The number of nitrogens with zero attached hydrogens (tertiary/aromatic N) is 1. The number of rotatable bonds is 2. The van der Waals surface area contributed by atoms with Crippen molar-refractivity contribution >= 4 is 11.6 Å². The molecule has 0 saturated carbocycles. The van der Waals surface area contributed by atoms with Gasteiger partial charge in [0.25, 0.3) is 0 Å². The zero-order valence-corrected chi connectivity index (χ0v) is 8.16. The molecule has 1 aromatic heterocycles. The Kier molecular flexibility index (Phi) is 2.52. The molecule has 0 unspecified atom stereocenters. The summed E-state index contributed by atoms with van der Waals surface area (Å²) in [6.07, 6.45) is 0. The molecule has 1 heterocycles. The molecule has 4 heteroatoms. The predicted molar refractivity (Wildman–Crippen MR) is 54.8 cm³/mol. The van der Waals surface area contributed by atoms with Gasteiger partial charge in [0.2, 0.25) is 0 Å². The van der Waals surface area contributed by atoms with E-state index in [0.29, 0.717) is 17.3 Å². The van der Waals surface area contributed by atoms with Gasteiger partial charge >= 0.3 is 0 Å². The van der Waals surface area contributed by atoms with Gasteiger partial charge in [0.15, 0.2) is 5.76 Å². The van der Waals surface area contributed by atoms with Crippen molar-refractivity contribution in [2.75, 3.05) is 0 Å². The van der Waals surface area contributed by atoms with E-state index < -0.39 is 0 Å². The molecule has 0 aliphatic heterocycles.